The summed E-state index contributed by atoms with van der Waals surface area (Å²) < 4.78 is 18.4. The SMILES string of the molecule is CC(C)N1CC(c2cc(N(C)C)nc(CN(C)C(=O)COc3ccc(F)cc3)n2)CC1=O. The third kappa shape index (κ3) is 5.72. The van der Waals surface area contributed by atoms with Gasteiger partial charge in [0.05, 0.1) is 12.2 Å². The van der Waals surface area contributed by atoms with E-state index in [0.717, 1.165) is 11.5 Å². The predicted molar refractivity (Wildman–Crippen MR) is 119 cm³/mol. The van der Waals surface area contributed by atoms with Gasteiger partial charge in [0.25, 0.3) is 5.91 Å². The molecule has 1 aromatic heterocycles. The monoisotopic (exact) mass is 443 g/mol. The first kappa shape index (κ1) is 23.4. The molecule has 0 spiro atoms. The van der Waals surface area contributed by atoms with Crippen LogP contribution in [0.3, 0.4) is 0 Å². The van der Waals surface area contributed by atoms with Gasteiger partial charge in [-0.3, -0.25) is 9.59 Å². The molecule has 1 fully saturated rings. The summed E-state index contributed by atoms with van der Waals surface area (Å²) >= 11 is 0. The maximum absolute atomic E-state index is 13.0. The highest BCUT2D eigenvalue weighted by molar-refractivity contribution is 5.80. The summed E-state index contributed by atoms with van der Waals surface area (Å²) in [6.45, 7) is 4.66. The van der Waals surface area contributed by atoms with Crippen molar-refractivity contribution in [2.75, 3.05) is 39.2 Å². The van der Waals surface area contributed by atoms with Gasteiger partial charge in [-0.15, -0.1) is 0 Å². The lowest BCUT2D eigenvalue weighted by atomic mass is 10.0. The van der Waals surface area contributed by atoms with E-state index in [0.29, 0.717) is 24.5 Å². The summed E-state index contributed by atoms with van der Waals surface area (Å²) in [5.74, 6) is 1.15. The van der Waals surface area contributed by atoms with Crippen molar-refractivity contribution in [2.45, 2.75) is 38.8 Å². The van der Waals surface area contributed by atoms with Crippen molar-refractivity contribution in [2.24, 2.45) is 0 Å². The molecule has 1 aromatic carbocycles. The van der Waals surface area contributed by atoms with Crippen molar-refractivity contribution < 1.29 is 18.7 Å². The number of amides is 2. The average molecular weight is 444 g/mol. The second-order valence-corrected chi connectivity index (χ2v) is 8.49. The quantitative estimate of drug-likeness (QED) is 0.624. The second kappa shape index (κ2) is 9.93. The molecular formula is C23H30FN5O3. The smallest absolute Gasteiger partial charge is 0.260 e. The number of carbonyl (C=O) groups is 2. The van der Waals surface area contributed by atoms with E-state index < -0.39 is 0 Å². The van der Waals surface area contributed by atoms with Gasteiger partial charge in [-0.2, -0.15) is 0 Å². The molecule has 1 atom stereocenters. The van der Waals surface area contributed by atoms with Crippen LogP contribution in [-0.2, 0) is 16.1 Å². The number of halogens is 1. The fourth-order valence-electron chi connectivity index (χ4n) is 3.53. The Kier molecular flexibility index (Phi) is 7.27. The fourth-order valence-corrected chi connectivity index (χ4v) is 3.53. The first-order valence-corrected chi connectivity index (χ1v) is 10.6. The first-order chi connectivity index (χ1) is 15.1. The van der Waals surface area contributed by atoms with Crippen molar-refractivity contribution in [1.82, 2.24) is 19.8 Å². The molecule has 3 rings (SSSR count). The Morgan fingerprint density at radius 1 is 1.22 bits per heavy atom. The summed E-state index contributed by atoms with van der Waals surface area (Å²) in [5, 5.41) is 0. The zero-order valence-corrected chi connectivity index (χ0v) is 19.2. The van der Waals surface area contributed by atoms with Crippen LogP contribution >= 0.6 is 0 Å². The van der Waals surface area contributed by atoms with Crippen molar-refractivity contribution in [3.63, 3.8) is 0 Å². The van der Waals surface area contributed by atoms with E-state index in [1.54, 1.807) is 7.05 Å². The van der Waals surface area contributed by atoms with Crippen LogP contribution in [0, 0.1) is 5.82 Å². The van der Waals surface area contributed by atoms with Crippen molar-refractivity contribution >= 4 is 17.6 Å². The Morgan fingerprint density at radius 3 is 2.50 bits per heavy atom. The van der Waals surface area contributed by atoms with E-state index in [1.165, 1.54) is 29.2 Å². The number of ether oxygens (including phenoxy) is 1. The molecule has 0 N–H and O–H groups in total. The van der Waals surface area contributed by atoms with E-state index >= 15 is 0 Å². The van der Waals surface area contributed by atoms with Gasteiger partial charge in [-0.25, -0.2) is 14.4 Å². The molecular weight excluding hydrogens is 413 g/mol. The maximum Gasteiger partial charge on any atom is 0.260 e. The minimum Gasteiger partial charge on any atom is -0.484 e. The molecule has 172 valence electrons. The number of anilines is 1. The van der Waals surface area contributed by atoms with Gasteiger partial charge in [0.1, 0.15) is 23.2 Å². The van der Waals surface area contributed by atoms with Crippen LogP contribution in [0.1, 0.15) is 37.7 Å². The average Bonchev–Trinajstić information content (AvgIpc) is 3.15. The molecule has 32 heavy (non-hydrogen) atoms. The molecule has 0 aliphatic carbocycles. The Labute approximate surface area is 188 Å². The molecule has 1 aliphatic rings. The van der Waals surface area contributed by atoms with Gasteiger partial charge < -0.3 is 19.4 Å². The summed E-state index contributed by atoms with van der Waals surface area (Å²) in [7, 11) is 5.43. The number of hydrogen-bond donors (Lipinski definition) is 0. The second-order valence-electron chi connectivity index (χ2n) is 8.49. The van der Waals surface area contributed by atoms with Gasteiger partial charge in [0.15, 0.2) is 6.61 Å². The number of likely N-dealkylation sites (tertiary alicyclic amines) is 1. The van der Waals surface area contributed by atoms with Crippen molar-refractivity contribution in [1.29, 1.82) is 0 Å². The lowest BCUT2D eigenvalue weighted by Gasteiger charge is -2.22. The topological polar surface area (TPSA) is 78.9 Å². The van der Waals surface area contributed by atoms with E-state index in [9.17, 15) is 14.0 Å². The number of benzene rings is 1. The van der Waals surface area contributed by atoms with E-state index in [1.807, 2.05) is 43.8 Å². The Morgan fingerprint density at radius 2 is 1.91 bits per heavy atom. The Balaban J connectivity index is 1.70. The minimum atomic E-state index is -0.366. The molecule has 1 aliphatic heterocycles. The molecule has 1 saturated heterocycles. The zero-order valence-electron chi connectivity index (χ0n) is 19.2. The van der Waals surface area contributed by atoms with Crippen molar-refractivity contribution in [3.8, 4) is 5.75 Å². The molecule has 0 bridgehead atoms. The van der Waals surface area contributed by atoms with Gasteiger partial charge >= 0.3 is 0 Å². The molecule has 8 nitrogen and oxygen atoms in total. The van der Waals surface area contributed by atoms with Crippen LogP contribution in [0.15, 0.2) is 30.3 Å². The highest BCUT2D eigenvalue weighted by Crippen LogP contribution is 2.30. The molecule has 1 unspecified atom stereocenters. The molecule has 2 heterocycles. The van der Waals surface area contributed by atoms with Crippen LogP contribution in [0.2, 0.25) is 0 Å². The summed E-state index contributed by atoms with van der Waals surface area (Å²) in [6.07, 6.45) is 0.418. The van der Waals surface area contributed by atoms with E-state index in [2.05, 4.69) is 9.97 Å². The van der Waals surface area contributed by atoms with Crippen LogP contribution in [0.25, 0.3) is 0 Å². The van der Waals surface area contributed by atoms with Crippen LogP contribution < -0.4 is 9.64 Å². The highest BCUT2D eigenvalue weighted by Gasteiger charge is 2.33. The molecule has 2 amide bonds. The highest BCUT2D eigenvalue weighted by atomic mass is 19.1. The molecule has 9 heteroatoms. The number of carbonyl (C=O) groups excluding carboxylic acids is 2. The summed E-state index contributed by atoms with van der Waals surface area (Å²) in [4.78, 5) is 39.4. The maximum atomic E-state index is 13.0. The molecule has 2 aromatic rings. The summed E-state index contributed by atoms with van der Waals surface area (Å²) in [6, 6.07) is 7.56. The van der Waals surface area contributed by atoms with Crippen LogP contribution in [-0.4, -0.2) is 71.9 Å². The lowest BCUT2D eigenvalue weighted by Crippen LogP contribution is -2.32. The predicted octanol–water partition coefficient (Wildman–Crippen LogP) is 2.44. The first-order valence-electron chi connectivity index (χ1n) is 10.6. The van der Waals surface area contributed by atoms with Crippen LogP contribution in [0.5, 0.6) is 5.75 Å². The van der Waals surface area contributed by atoms with Gasteiger partial charge in [-0.1, -0.05) is 0 Å². The number of likely N-dealkylation sites (N-methyl/N-ethyl adjacent to an activating group) is 1. The summed E-state index contributed by atoms with van der Waals surface area (Å²) in [5.41, 5.74) is 0.804. The standard InChI is InChI=1S/C23H30FN5O3/c1-15(2)29-12-16(10-22(29)30)19-11-21(27(3)4)26-20(25-19)13-28(5)23(31)14-32-18-8-6-17(24)7-9-18/h6-9,11,15-16H,10,12-14H2,1-5H3. The third-order valence-electron chi connectivity index (χ3n) is 5.42. The molecule has 0 radical (unpaired) electrons. The molecule has 0 saturated carbocycles. The van der Waals surface area contributed by atoms with E-state index in [-0.39, 0.29) is 42.7 Å². The Hall–Kier alpha value is -3.23. The normalized spacial score (nSPS) is 15.9. The lowest BCUT2D eigenvalue weighted by molar-refractivity contribution is -0.132. The number of aromatic nitrogens is 2. The van der Waals surface area contributed by atoms with Gasteiger partial charge in [-0.05, 0) is 38.1 Å². The Bertz CT molecular complexity index is 965. The van der Waals surface area contributed by atoms with Gasteiger partial charge in [0, 0.05) is 52.1 Å². The van der Waals surface area contributed by atoms with Crippen molar-refractivity contribution in [3.05, 3.63) is 47.7 Å². The minimum absolute atomic E-state index is 0.00633. The fraction of sp³-hybridized carbons (Fsp3) is 0.478. The number of hydrogen-bond acceptors (Lipinski definition) is 6. The third-order valence-corrected chi connectivity index (χ3v) is 5.42. The number of nitrogens with zero attached hydrogens (tertiary/aromatic N) is 5. The van der Waals surface area contributed by atoms with Crippen LogP contribution in [0.4, 0.5) is 10.2 Å². The van der Waals surface area contributed by atoms with Gasteiger partial charge in [0.2, 0.25) is 5.91 Å². The number of rotatable bonds is 8. The largest absolute Gasteiger partial charge is 0.484 e. The van der Waals surface area contributed by atoms with E-state index in [4.69, 9.17) is 4.74 Å². The zero-order chi connectivity index (χ0) is 23.4.